The summed E-state index contributed by atoms with van der Waals surface area (Å²) >= 11 is 0. The Morgan fingerprint density at radius 2 is 1.92 bits per heavy atom. The monoisotopic (exact) mass is 345 g/mol. The van der Waals surface area contributed by atoms with Gasteiger partial charge in [-0.2, -0.15) is 0 Å². The minimum absolute atomic E-state index is 0.231. The first-order valence-electron chi connectivity index (χ1n) is 7.90. The number of carbonyl (C=O) groups is 2. The van der Waals surface area contributed by atoms with Crippen molar-refractivity contribution in [1.29, 1.82) is 0 Å². The molecule has 7 nitrogen and oxygen atoms in total. The minimum Gasteiger partial charge on any atom is -0.495 e. The largest absolute Gasteiger partial charge is 0.495 e. The van der Waals surface area contributed by atoms with Crippen LogP contribution in [0.2, 0.25) is 0 Å². The highest BCUT2D eigenvalue weighted by atomic mass is 16.5. The number of benzene rings is 1. The Hall–Kier alpha value is -2.96. The van der Waals surface area contributed by atoms with Crippen LogP contribution in [0.5, 0.6) is 5.75 Å². The highest BCUT2D eigenvalue weighted by molar-refractivity contribution is 5.97. The maximum absolute atomic E-state index is 12.3. The van der Waals surface area contributed by atoms with Crippen molar-refractivity contribution in [1.82, 2.24) is 10.6 Å². The summed E-state index contributed by atoms with van der Waals surface area (Å²) in [5.41, 5.74) is 1.75. The van der Waals surface area contributed by atoms with E-state index in [0.29, 0.717) is 17.0 Å². The van der Waals surface area contributed by atoms with E-state index in [2.05, 4.69) is 16.0 Å². The number of urea groups is 1. The second-order valence-electron chi connectivity index (χ2n) is 5.68. The number of hydrogen-bond acceptors (Lipinski definition) is 4. The van der Waals surface area contributed by atoms with Crippen LogP contribution >= 0.6 is 0 Å². The SMILES string of the molecule is CNC(=O)c1ccc(OC)c(NC(=O)NC(C)c2cc(C)oc2C)c1. The number of anilines is 1. The maximum atomic E-state index is 12.3. The van der Waals surface area contributed by atoms with Gasteiger partial charge in [-0.05, 0) is 45.0 Å². The number of nitrogens with one attached hydrogen (secondary N) is 3. The predicted octanol–water partition coefficient (Wildman–Crippen LogP) is 3.15. The third-order valence-electron chi connectivity index (χ3n) is 3.83. The number of amides is 3. The highest BCUT2D eigenvalue weighted by Gasteiger charge is 2.17. The van der Waals surface area contributed by atoms with Crippen LogP contribution in [-0.4, -0.2) is 26.1 Å². The molecule has 2 rings (SSSR count). The van der Waals surface area contributed by atoms with Gasteiger partial charge in [-0.1, -0.05) is 0 Å². The van der Waals surface area contributed by atoms with Crippen LogP contribution in [0, 0.1) is 13.8 Å². The third kappa shape index (κ3) is 4.32. The average Bonchev–Trinajstić information content (AvgIpc) is 2.92. The van der Waals surface area contributed by atoms with Crippen LogP contribution in [-0.2, 0) is 0 Å². The molecule has 0 aliphatic carbocycles. The number of carbonyl (C=O) groups excluding carboxylic acids is 2. The van der Waals surface area contributed by atoms with E-state index in [1.807, 2.05) is 26.8 Å². The fraction of sp³-hybridized carbons (Fsp3) is 0.333. The summed E-state index contributed by atoms with van der Waals surface area (Å²) in [6, 6.07) is 6.08. The van der Waals surface area contributed by atoms with Crippen molar-refractivity contribution in [3.8, 4) is 5.75 Å². The molecule has 134 valence electrons. The van der Waals surface area contributed by atoms with E-state index in [1.54, 1.807) is 25.2 Å². The molecule has 25 heavy (non-hydrogen) atoms. The van der Waals surface area contributed by atoms with Crippen LogP contribution in [0.15, 0.2) is 28.7 Å². The van der Waals surface area contributed by atoms with Crippen LogP contribution in [0.1, 0.15) is 40.4 Å². The van der Waals surface area contributed by atoms with E-state index in [1.165, 1.54) is 7.11 Å². The fourth-order valence-electron chi connectivity index (χ4n) is 2.60. The third-order valence-corrected chi connectivity index (χ3v) is 3.83. The van der Waals surface area contributed by atoms with Gasteiger partial charge < -0.3 is 25.1 Å². The zero-order chi connectivity index (χ0) is 18.6. The zero-order valence-corrected chi connectivity index (χ0v) is 15.0. The van der Waals surface area contributed by atoms with Gasteiger partial charge in [0.25, 0.3) is 5.91 Å². The van der Waals surface area contributed by atoms with Crippen molar-refractivity contribution >= 4 is 17.6 Å². The van der Waals surface area contributed by atoms with Gasteiger partial charge in [0.05, 0.1) is 18.8 Å². The van der Waals surface area contributed by atoms with E-state index in [0.717, 1.165) is 17.1 Å². The van der Waals surface area contributed by atoms with Gasteiger partial charge in [-0.25, -0.2) is 4.79 Å². The standard InChI is InChI=1S/C18H23N3O4/c1-10-8-14(12(3)25-10)11(2)20-18(23)21-15-9-13(17(22)19-4)6-7-16(15)24-5/h6-9,11H,1-5H3,(H,19,22)(H2,20,21,23). The molecule has 0 saturated heterocycles. The van der Waals surface area contributed by atoms with Crippen LogP contribution in [0.25, 0.3) is 0 Å². The van der Waals surface area contributed by atoms with E-state index < -0.39 is 6.03 Å². The molecule has 1 aromatic heterocycles. The van der Waals surface area contributed by atoms with Crippen molar-refractivity contribution in [3.05, 3.63) is 46.9 Å². The first kappa shape index (κ1) is 18.4. The molecule has 0 fully saturated rings. The molecule has 0 aliphatic heterocycles. The summed E-state index contributed by atoms with van der Waals surface area (Å²) in [7, 11) is 3.04. The Kier molecular flexibility index (Phi) is 5.69. The Morgan fingerprint density at radius 1 is 1.20 bits per heavy atom. The molecule has 1 unspecified atom stereocenters. The van der Waals surface area contributed by atoms with Crippen LogP contribution in [0.4, 0.5) is 10.5 Å². The van der Waals surface area contributed by atoms with Gasteiger partial charge in [0, 0.05) is 18.2 Å². The van der Waals surface area contributed by atoms with E-state index >= 15 is 0 Å². The topological polar surface area (TPSA) is 92.6 Å². The number of rotatable bonds is 5. The minimum atomic E-state index is -0.405. The molecule has 2 aromatic rings. The lowest BCUT2D eigenvalue weighted by Crippen LogP contribution is -2.31. The fourth-order valence-corrected chi connectivity index (χ4v) is 2.60. The smallest absolute Gasteiger partial charge is 0.319 e. The van der Waals surface area contributed by atoms with E-state index in [-0.39, 0.29) is 11.9 Å². The Balaban J connectivity index is 2.14. The molecule has 3 amide bonds. The molecule has 0 radical (unpaired) electrons. The van der Waals surface area contributed by atoms with E-state index in [9.17, 15) is 9.59 Å². The van der Waals surface area contributed by atoms with Crippen molar-refractivity contribution in [3.63, 3.8) is 0 Å². The van der Waals surface area contributed by atoms with Gasteiger partial charge in [-0.3, -0.25) is 4.79 Å². The highest BCUT2D eigenvalue weighted by Crippen LogP contribution is 2.26. The molecule has 1 heterocycles. The molecule has 0 spiro atoms. The normalized spacial score (nSPS) is 11.6. The molecular formula is C18H23N3O4. The van der Waals surface area contributed by atoms with Crippen molar-refractivity contribution in [2.45, 2.75) is 26.8 Å². The second-order valence-corrected chi connectivity index (χ2v) is 5.68. The van der Waals surface area contributed by atoms with Gasteiger partial charge in [0.2, 0.25) is 0 Å². The number of methoxy groups -OCH3 is 1. The molecule has 7 heteroatoms. The van der Waals surface area contributed by atoms with Crippen LogP contribution < -0.4 is 20.7 Å². The van der Waals surface area contributed by atoms with Crippen molar-refractivity contribution < 1.29 is 18.7 Å². The Morgan fingerprint density at radius 3 is 2.48 bits per heavy atom. The second kappa shape index (κ2) is 7.74. The molecule has 0 aliphatic rings. The molecule has 3 N–H and O–H groups in total. The lowest BCUT2D eigenvalue weighted by atomic mass is 10.1. The van der Waals surface area contributed by atoms with E-state index in [4.69, 9.17) is 9.15 Å². The Labute approximate surface area is 146 Å². The lowest BCUT2D eigenvalue weighted by molar-refractivity contribution is 0.0963. The van der Waals surface area contributed by atoms with Crippen molar-refractivity contribution in [2.75, 3.05) is 19.5 Å². The summed E-state index contributed by atoms with van der Waals surface area (Å²) in [5.74, 6) is 1.78. The Bertz CT molecular complexity index is 783. The molecule has 0 saturated carbocycles. The summed E-state index contributed by atoms with van der Waals surface area (Å²) in [5, 5.41) is 8.11. The molecular weight excluding hydrogens is 322 g/mol. The maximum Gasteiger partial charge on any atom is 0.319 e. The first-order valence-corrected chi connectivity index (χ1v) is 7.90. The van der Waals surface area contributed by atoms with Crippen LogP contribution in [0.3, 0.4) is 0 Å². The molecule has 0 bridgehead atoms. The lowest BCUT2D eigenvalue weighted by Gasteiger charge is -2.16. The quantitative estimate of drug-likeness (QED) is 0.776. The first-order chi connectivity index (χ1) is 11.8. The zero-order valence-electron chi connectivity index (χ0n) is 15.0. The summed E-state index contributed by atoms with van der Waals surface area (Å²) in [6.07, 6.45) is 0. The van der Waals surface area contributed by atoms with Gasteiger partial charge in [0.15, 0.2) is 0 Å². The van der Waals surface area contributed by atoms with Gasteiger partial charge >= 0.3 is 6.03 Å². The summed E-state index contributed by atoms with van der Waals surface area (Å²) < 4.78 is 10.7. The number of hydrogen-bond donors (Lipinski definition) is 3. The summed E-state index contributed by atoms with van der Waals surface area (Å²) in [6.45, 7) is 5.59. The number of furan rings is 1. The summed E-state index contributed by atoms with van der Waals surface area (Å²) in [4.78, 5) is 24.1. The van der Waals surface area contributed by atoms with Crippen molar-refractivity contribution in [2.24, 2.45) is 0 Å². The van der Waals surface area contributed by atoms with Gasteiger partial charge in [-0.15, -0.1) is 0 Å². The predicted molar refractivity (Wildman–Crippen MR) is 95.1 cm³/mol. The van der Waals surface area contributed by atoms with Gasteiger partial charge in [0.1, 0.15) is 17.3 Å². The molecule has 1 aromatic carbocycles. The number of ether oxygens (including phenoxy) is 1. The average molecular weight is 345 g/mol. The number of aryl methyl sites for hydroxylation is 2. The molecule has 1 atom stereocenters.